The van der Waals surface area contributed by atoms with Crippen LogP contribution in [0.5, 0.6) is 0 Å². The van der Waals surface area contributed by atoms with Gasteiger partial charge in [0.15, 0.2) is 0 Å². The number of amides is 1. The van der Waals surface area contributed by atoms with E-state index < -0.39 is 18.0 Å². The summed E-state index contributed by atoms with van der Waals surface area (Å²) >= 11 is 3.47. The fourth-order valence-electron chi connectivity index (χ4n) is 2.55. The van der Waals surface area contributed by atoms with Crippen molar-refractivity contribution >= 4 is 27.8 Å². The Kier molecular flexibility index (Phi) is 8.42. The van der Waals surface area contributed by atoms with Crippen LogP contribution in [0, 0.1) is 5.92 Å². The number of carbonyl (C=O) groups excluding carboxylic acids is 2. The van der Waals surface area contributed by atoms with E-state index in [-0.39, 0.29) is 11.6 Å². The lowest BCUT2D eigenvalue weighted by Crippen LogP contribution is -2.32. The first-order valence-corrected chi connectivity index (χ1v) is 9.73. The zero-order chi connectivity index (χ0) is 20.5. The smallest absolute Gasteiger partial charge is 0.355 e. The fraction of sp³-hybridized carbons (Fsp3) is 0.273. The van der Waals surface area contributed by atoms with E-state index in [1.165, 1.54) is 7.11 Å². The molecule has 0 aliphatic heterocycles. The molecule has 0 radical (unpaired) electrons. The quantitative estimate of drug-likeness (QED) is 0.481. The monoisotopic (exact) mass is 445 g/mol. The van der Waals surface area contributed by atoms with Crippen LogP contribution in [-0.4, -0.2) is 25.1 Å². The van der Waals surface area contributed by atoms with Crippen molar-refractivity contribution in [3.05, 3.63) is 82.0 Å². The maximum atomic E-state index is 12.5. The Balaban J connectivity index is 2.27. The van der Waals surface area contributed by atoms with Gasteiger partial charge in [-0.05, 0) is 23.6 Å². The number of benzene rings is 2. The highest BCUT2D eigenvalue weighted by Gasteiger charge is 2.26. The van der Waals surface area contributed by atoms with E-state index in [9.17, 15) is 9.59 Å². The maximum Gasteiger partial charge on any atom is 0.355 e. The van der Waals surface area contributed by atoms with Gasteiger partial charge >= 0.3 is 5.97 Å². The van der Waals surface area contributed by atoms with Crippen molar-refractivity contribution in [3.8, 4) is 0 Å². The van der Waals surface area contributed by atoms with Gasteiger partial charge in [-0.15, -0.1) is 0 Å². The maximum absolute atomic E-state index is 12.5. The van der Waals surface area contributed by atoms with Gasteiger partial charge in [0.05, 0.1) is 24.3 Å². The van der Waals surface area contributed by atoms with Crippen molar-refractivity contribution in [2.75, 3.05) is 7.11 Å². The highest BCUT2D eigenvalue weighted by molar-refractivity contribution is 9.11. The molecule has 28 heavy (non-hydrogen) atoms. The lowest BCUT2D eigenvalue weighted by Gasteiger charge is -2.23. The minimum absolute atomic E-state index is 0.0307. The van der Waals surface area contributed by atoms with Gasteiger partial charge in [-0.25, -0.2) is 4.79 Å². The summed E-state index contributed by atoms with van der Waals surface area (Å²) in [5.74, 6) is -1.000. The van der Waals surface area contributed by atoms with Crippen LogP contribution in [0.25, 0.3) is 0 Å². The molecule has 1 amide bonds. The van der Waals surface area contributed by atoms with E-state index in [1.807, 2.05) is 50.2 Å². The zero-order valence-corrected chi connectivity index (χ0v) is 17.7. The fourth-order valence-corrected chi connectivity index (χ4v) is 3.47. The summed E-state index contributed by atoms with van der Waals surface area (Å²) in [6.45, 7) is 4.33. The van der Waals surface area contributed by atoms with E-state index in [0.717, 1.165) is 5.56 Å². The van der Waals surface area contributed by atoms with Gasteiger partial charge in [0, 0.05) is 5.56 Å². The highest BCUT2D eigenvalue weighted by atomic mass is 79.9. The van der Waals surface area contributed by atoms with E-state index in [1.54, 1.807) is 24.3 Å². The van der Waals surface area contributed by atoms with E-state index >= 15 is 0 Å². The van der Waals surface area contributed by atoms with Gasteiger partial charge < -0.3 is 14.8 Å². The molecule has 5 nitrogen and oxygen atoms in total. The molecule has 0 aromatic heterocycles. The predicted octanol–water partition coefficient (Wildman–Crippen LogP) is 4.44. The average Bonchev–Trinajstić information content (AvgIpc) is 2.72. The predicted molar refractivity (Wildman–Crippen MR) is 112 cm³/mol. The average molecular weight is 446 g/mol. The van der Waals surface area contributed by atoms with Crippen molar-refractivity contribution in [1.29, 1.82) is 0 Å². The number of esters is 1. The Bertz CT molecular complexity index is 819. The molecule has 148 valence electrons. The molecule has 2 aromatic carbocycles. The number of rotatable bonds is 8. The van der Waals surface area contributed by atoms with Crippen LogP contribution in [0.3, 0.4) is 0 Å². The van der Waals surface area contributed by atoms with Crippen LogP contribution in [0.15, 0.2) is 70.8 Å². The van der Waals surface area contributed by atoms with Crippen molar-refractivity contribution in [2.45, 2.75) is 26.6 Å². The molecule has 2 aromatic rings. The number of methoxy groups -OCH3 is 1. The molecule has 0 aliphatic rings. The summed E-state index contributed by atoms with van der Waals surface area (Å²) < 4.78 is 11.4. The molecule has 0 fully saturated rings. The number of halogens is 1. The molecule has 0 saturated heterocycles. The number of carbonyl (C=O) groups is 2. The van der Waals surface area contributed by atoms with Gasteiger partial charge in [-0.3, -0.25) is 4.79 Å². The molecule has 1 N–H and O–H groups in total. The van der Waals surface area contributed by atoms with Crippen LogP contribution in [-0.2, 0) is 20.9 Å². The summed E-state index contributed by atoms with van der Waals surface area (Å²) in [4.78, 5) is 24.9. The van der Waals surface area contributed by atoms with Gasteiger partial charge in [0.2, 0.25) is 0 Å². The second-order valence-electron chi connectivity index (χ2n) is 6.50. The molecule has 0 spiro atoms. The molecule has 0 aliphatic carbocycles. The number of hydrogen-bond acceptors (Lipinski definition) is 4. The van der Waals surface area contributed by atoms with Crippen LogP contribution >= 0.6 is 15.9 Å². The van der Waals surface area contributed by atoms with Gasteiger partial charge in [0.25, 0.3) is 5.91 Å². The molecule has 2 rings (SSSR count). The molecule has 6 heteroatoms. The number of nitrogens with one attached hydrogen (secondary N) is 1. The number of ether oxygens (including phenoxy) is 2. The third-order valence-corrected chi connectivity index (χ3v) is 4.88. The molecular weight excluding hydrogens is 422 g/mol. The Morgan fingerprint density at radius 1 is 1.00 bits per heavy atom. The van der Waals surface area contributed by atoms with Crippen LogP contribution < -0.4 is 5.32 Å². The molecular formula is C22H24BrNO4. The normalized spacial score (nSPS) is 12.9. The van der Waals surface area contributed by atoms with Crippen LogP contribution in [0.2, 0.25) is 0 Å². The summed E-state index contributed by atoms with van der Waals surface area (Å²) in [5, 5.41) is 2.66. The lowest BCUT2D eigenvalue weighted by atomic mass is 10.1. The SMILES string of the molecule is COC(=O)/C(NC(=O)c1ccccc1)=C(/Br)[C@@H](OCc1ccccc1)C(C)C. The van der Waals surface area contributed by atoms with Gasteiger partial charge in [-0.1, -0.05) is 78.3 Å². The van der Waals surface area contributed by atoms with Crippen molar-refractivity contribution in [3.63, 3.8) is 0 Å². The van der Waals surface area contributed by atoms with Crippen molar-refractivity contribution in [2.24, 2.45) is 5.92 Å². The summed E-state index contributed by atoms with van der Waals surface area (Å²) in [5.41, 5.74) is 1.49. The van der Waals surface area contributed by atoms with Gasteiger partial charge in [0.1, 0.15) is 5.70 Å². The Morgan fingerprint density at radius 2 is 1.57 bits per heavy atom. The molecule has 0 bridgehead atoms. The molecule has 1 atom stereocenters. The molecule has 0 unspecified atom stereocenters. The Labute approximate surface area is 173 Å². The first-order chi connectivity index (χ1) is 13.4. The number of hydrogen-bond donors (Lipinski definition) is 1. The van der Waals surface area contributed by atoms with E-state index in [2.05, 4.69) is 21.2 Å². The van der Waals surface area contributed by atoms with Crippen LogP contribution in [0.4, 0.5) is 0 Å². The Morgan fingerprint density at radius 3 is 2.11 bits per heavy atom. The summed E-state index contributed by atoms with van der Waals surface area (Å²) in [6, 6.07) is 18.4. The molecule has 0 saturated carbocycles. The topological polar surface area (TPSA) is 64.6 Å². The minimum Gasteiger partial charge on any atom is -0.464 e. The second kappa shape index (κ2) is 10.8. The lowest BCUT2D eigenvalue weighted by molar-refractivity contribution is -0.136. The van der Waals surface area contributed by atoms with Crippen LogP contribution in [0.1, 0.15) is 29.8 Å². The highest BCUT2D eigenvalue weighted by Crippen LogP contribution is 2.26. The van der Waals surface area contributed by atoms with E-state index in [4.69, 9.17) is 9.47 Å². The summed E-state index contributed by atoms with van der Waals surface area (Å²) in [7, 11) is 1.27. The zero-order valence-electron chi connectivity index (χ0n) is 16.1. The first kappa shape index (κ1) is 21.9. The van der Waals surface area contributed by atoms with Crippen molar-refractivity contribution in [1.82, 2.24) is 5.32 Å². The summed E-state index contributed by atoms with van der Waals surface area (Å²) in [6.07, 6.45) is -0.439. The van der Waals surface area contributed by atoms with Crippen molar-refractivity contribution < 1.29 is 19.1 Å². The third kappa shape index (κ3) is 6.04. The largest absolute Gasteiger partial charge is 0.464 e. The molecule has 0 heterocycles. The second-order valence-corrected chi connectivity index (χ2v) is 7.35. The Hall–Kier alpha value is -2.44. The van der Waals surface area contributed by atoms with Gasteiger partial charge in [-0.2, -0.15) is 0 Å². The third-order valence-electron chi connectivity index (χ3n) is 4.03. The van der Waals surface area contributed by atoms with E-state index in [0.29, 0.717) is 16.7 Å². The first-order valence-electron chi connectivity index (χ1n) is 8.94. The minimum atomic E-state index is -0.648. The standard InChI is InChI=1S/C22H24BrNO4/c1-15(2)20(28-14-16-10-6-4-7-11-16)18(23)19(22(26)27-3)24-21(25)17-12-8-5-9-13-17/h4-13,15,20H,14H2,1-3H3,(H,24,25)/b19-18-/t20-/m0/s1.